The lowest BCUT2D eigenvalue weighted by Crippen LogP contribution is -1.85. The Morgan fingerprint density at radius 3 is 2.24 bits per heavy atom. The zero-order chi connectivity index (χ0) is 19.2. The third-order valence-corrected chi connectivity index (χ3v) is 5.67. The summed E-state index contributed by atoms with van der Waals surface area (Å²) in [5.74, 6) is 0. The molecule has 0 saturated heterocycles. The van der Waals surface area contributed by atoms with Crippen molar-refractivity contribution in [3.63, 3.8) is 0 Å². The van der Waals surface area contributed by atoms with E-state index >= 15 is 0 Å². The highest BCUT2D eigenvalue weighted by molar-refractivity contribution is 6.23. The average molecular weight is 370 g/mol. The SMILES string of the molecule is c1ccc(-c2ccc(-c3cccc4ccc5[nH]c6ccccc6c5c34)cc2)nc1. The molecule has 0 aliphatic rings. The van der Waals surface area contributed by atoms with Crippen molar-refractivity contribution in [3.05, 3.63) is 103 Å². The Morgan fingerprint density at radius 1 is 0.552 bits per heavy atom. The Labute approximate surface area is 168 Å². The summed E-state index contributed by atoms with van der Waals surface area (Å²) < 4.78 is 0. The molecule has 0 amide bonds. The summed E-state index contributed by atoms with van der Waals surface area (Å²) in [6, 6.07) is 34.2. The molecule has 6 rings (SSSR count). The lowest BCUT2D eigenvalue weighted by Gasteiger charge is -2.10. The first-order valence-corrected chi connectivity index (χ1v) is 9.82. The molecule has 0 fully saturated rings. The maximum absolute atomic E-state index is 4.47. The van der Waals surface area contributed by atoms with Crippen LogP contribution in [0.1, 0.15) is 0 Å². The van der Waals surface area contributed by atoms with Crippen LogP contribution in [-0.4, -0.2) is 9.97 Å². The molecule has 0 unspecified atom stereocenters. The second-order valence-corrected chi connectivity index (χ2v) is 7.35. The molecule has 0 aliphatic carbocycles. The van der Waals surface area contributed by atoms with E-state index in [-0.39, 0.29) is 0 Å². The maximum atomic E-state index is 4.47. The summed E-state index contributed by atoms with van der Waals surface area (Å²) >= 11 is 0. The van der Waals surface area contributed by atoms with Crippen molar-refractivity contribution in [1.29, 1.82) is 0 Å². The third kappa shape index (κ3) is 2.54. The van der Waals surface area contributed by atoms with E-state index in [0.29, 0.717) is 0 Å². The predicted octanol–water partition coefficient (Wildman–Crippen LogP) is 7.20. The number of para-hydroxylation sites is 1. The number of hydrogen-bond acceptors (Lipinski definition) is 1. The first kappa shape index (κ1) is 16.1. The lowest BCUT2D eigenvalue weighted by molar-refractivity contribution is 1.33. The Kier molecular flexibility index (Phi) is 3.50. The second-order valence-electron chi connectivity index (χ2n) is 7.35. The molecule has 0 atom stereocenters. The second kappa shape index (κ2) is 6.32. The minimum Gasteiger partial charge on any atom is -0.354 e. The topological polar surface area (TPSA) is 28.7 Å². The molecule has 29 heavy (non-hydrogen) atoms. The quantitative estimate of drug-likeness (QED) is 0.343. The molecule has 0 aliphatic heterocycles. The lowest BCUT2D eigenvalue weighted by atomic mass is 9.94. The summed E-state index contributed by atoms with van der Waals surface area (Å²) in [5, 5.41) is 5.12. The number of H-pyrrole nitrogens is 1. The molecule has 0 spiro atoms. The molecule has 2 aromatic heterocycles. The van der Waals surface area contributed by atoms with Gasteiger partial charge in [-0.2, -0.15) is 0 Å². The number of fused-ring (bicyclic) bond motifs is 5. The fourth-order valence-corrected chi connectivity index (χ4v) is 4.31. The molecular weight excluding hydrogens is 352 g/mol. The number of nitrogens with one attached hydrogen (secondary N) is 1. The van der Waals surface area contributed by atoms with Crippen molar-refractivity contribution in [2.75, 3.05) is 0 Å². The summed E-state index contributed by atoms with van der Waals surface area (Å²) in [7, 11) is 0. The normalized spacial score (nSPS) is 11.4. The van der Waals surface area contributed by atoms with Gasteiger partial charge in [0.2, 0.25) is 0 Å². The van der Waals surface area contributed by atoms with Crippen LogP contribution in [0.5, 0.6) is 0 Å². The molecule has 2 nitrogen and oxygen atoms in total. The number of aromatic nitrogens is 2. The summed E-state index contributed by atoms with van der Waals surface area (Å²) in [4.78, 5) is 8.04. The van der Waals surface area contributed by atoms with Crippen LogP contribution in [0.4, 0.5) is 0 Å². The molecular formula is C27H18N2. The Hall–Kier alpha value is -3.91. The van der Waals surface area contributed by atoms with E-state index in [4.69, 9.17) is 0 Å². The first-order valence-electron chi connectivity index (χ1n) is 9.82. The molecule has 6 aromatic rings. The zero-order valence-electron chi connectivity index (χ0n) is 15.8. The fraction of sp³-hybridized carbons (Fsp3) is 0. The van der Waals surface area contributed by atoms with Crippen LogP contribution in [0.25, 0.3) is 55.0 Å². The zero-order valence-corrected chi connectivity index (χ0v) is 15.8. The van der Waals surface area contributed by atoms with Crippen molar-refractivity contribution in [2.45, 2.75) is 0 Å². The van der Waals surface area contributed by atoms with Gasteiger partial charge >= 0.3 is 0 Å². The minimum absolute atomic E-state index is 0.996. The van der Waals surface area contributed by atoms with Crippen LogP contribution in [0, 0.1) is 0 Å². The number of aromatic amines is 1. The van der Waals surface area contributed by atoms with E-state index in [1.807, 2.05) is 24.4 Å². The number of nitrogens with zero attached hydrogens (tertiary/aromatic N) is 1. The predicted molar refractivity (Wildman–Crippen MR) is 122 cm³/mol. The first-order chi connectivity index (χ1) is 14.4. The molecule has 1 N–H and O–H groups in total. The number of pyridine rings is 1. The number of hydrogen-bond donors (Lipinski definition) is 1. The Bertz CT molecular complexity index is 1480. The number of rotatable bonds is 2. The average Bonchev–Trinajstić information content (AvgIpc) is 3.18. The van der Waals surface area contributed by atoms with Crippen LogP contribution >= 0.6 is 0 Å². The van der Waals surface area contributed by atoms with Crippen molar-refractivity contribution < 1.29 is 0 Å². The van der Waals surface area contributed by atoms with Crippen molar-refractivity contribution in [1.82, 2.24) is 9.97 Å². The van der Waals surface area contributed by atoms with Crippen molar-refractivity contribution in [3.8, 4) is 22.4 Å². The largest absolute Gasteiger partial charge is 0.354 e. The summed E-state index contributed by atoms with van der Waals surface area (Å²) in [6.45, 7) is 0. The van der Waals surface area contributed by atoms with Crippen LogP contribution in [0.3, 0.4) is 0 Å². The van der Waals surface area contributed by atoms with E-state index in [9.17, 15) is 0 Å². The highest BCUT2D eigenvalue weighted by Gasteiger charge is 2.12. The van der Waals surface area contributed by atoms with Gasteiger partial charge in [-0.3, -0.25) is 4.98 Å². The molecule has 4 aromatic carbocycles. The molecule has 2 heteroatoms. The summed E-state index contributed by atoms with van der Waals surface area (Å²) in [6.07, 6.45) is 1.84. The van der Waals surface area contributed by atoms with Crippen LogP contribution in [0.15, 0.2) is 103 Å². The van der Waals surface area contributed by atoms with Gasteiger partial charge in [0.25, 0.3) is 0 Å². The van der Waals surface area contributed by atoms with Gasteiger partial charge in [0, 0.05) is 33.6 Å². The van der Waals surface area contributed by atoms with Gasteiger partial charge in [0.1, 0.15) is 0 Å². The Morgan fingerprint density at radius 2 is 1.38 bits per heavy atom. The van der Waals surface area contributed by atoms with E-state index in [1.165, 1.54) is 43.7 Å². The van der Waals surface area contributed by atoms with Crippen LogP contribution in [0.2, 0.25) is 0 Å². The van der Waals surface area contributed by atoms with Gasteiger partial charge in [-0.25, -0.2) is 0 Å². The third-order valence-electron chi connectivity index (χ3n) is 5.67. The highest BCUT2D eigenvalue weighted by atomic mass is 14.7. The van der Waals surface area contributed by atoms with Crippen molar-refractivity contribution in [2.24, 2.45) is 0 Å². The van der Waals surface area contributed by atoms with Gasteiger partial charge in [-0.1, -0.05) is 72.8 Å². The number of benzene rings is 4. The van der Waals surface area contributed by atoms with Gasteiger partial charge in [-0.15, -0.1) is 0 Å². The smallest absolute Gasteiger partial charge is 0.0701 e. The van der Waals surface area contributed by atoms with E-state index in [0.717, 1.165) is 11.3 Å². The summed E-state index contributed by atoms with van der Waals surface area (Å²) in [5.41, 5.74) is 6.95. The fourth-order valence-electron chi connectivity index (χ4n) is 4.31. The highest BCUT2D eigenvalue weighted by Crippen LogP contribution is 2.38. The van der Waals surface area contributed by atoms with E-state index < -0.39 is 0 Å². The van der Waals surface area contributed by atoms with Crippen LogP contribution in [-0.2, 0) is 0 Å². The van der Waals surface area contributed by atoms with Gasteiger partial charge in [-0.05, 0) is 46.2 Å². The standard InChI is InChI=1S/C27H18N2/c1-2-10-24-22(7-1)27-25(29-24)16-15-20-6-5-8-21(26(20)27)18-11-13-19(14-12-18)23-9-3-4-17-28-23/h1-17,29H. The van der Waals surface area contributed by atoms with Crippen molar-refractivity contribution >= 4 is 32.6 Å². The Balaban J connectivity index is 1.61. The molecule has 0 bridgehead atoms. The monoisotopic (exact) mass is 370 g/mol. The van der Waals surface area contributed by atoms with E-state index in [1.54, 1.807) is 0 Å². The van der Waals surface area contributed by atoms with Gasteiger partial charge < -0.3 is 4.98 Å². The maximum Gasteiger partial charge on any atom is 0.0701 e. The van der Waals surface area contributed by atoms with Crippen LogP contribution < -0.4 is 0 Å². The minimum atomic E-state index is 0.996. The molecule has 2 heterocycles. The molecule has 136 valence electrons. The van der Waals surface area contributed by atoms with E-state index in [2.05, 4.69) is 88.8 Å². The molecule has 0 radical (unpaired) electrons. The van der Waals surface area contributed by atoms with Gasteiger partial charge in [0.15, 0.2) is 0 Å². The molecule has 0 saturated carbocycles. The van der Waals surface area contributed by atoms with Gasteiger partial charge in [0.05, 0.1) is 5.69 Å².